The van der Waals surface area contributed by atoms with Gasteiger partial charge < -0.3 is 15.1 Å². The molecule has 2 aromatic rings. The van der Waals surface area contributed by atoms with Crippen molar-refractivity contribution in [2.75, 3.05) is 18.4 Å². The van der Waals surface area contributed by atoms with Crippen LogP contribution in [-0.4, -0.2) is 40.1 Å². The predicted octanol–water partition coefficient (Wildman–Crippen LogP) is 4.10. The number of amides is 2. The van der Waals surface area contributed by atoms with Gasteiger partial charge in [-0.1, -0.05) is 38.5 Å². The highest BCUT2D eigenvalue weighted by atomic mass is 32.2. The second-order valence-corrected chi connectivity index (χ2v) is 10.7. The van der Waals surface area contributed by atoms with Gasteiger partial charge >= 0.3 is 0 Å². The number of rotatable bonds is 14. The van der Waals surface area contributed by atoms with Gasteiger partial charge in [-0.25, -0.2) is 15.4 Å². The molecule has 0 aromatic carbocycles. The largest absolute Gasteiger partial charge is 0.444 e. The molecular weight excluding hydrogens is 450 g/mol. The van der Waals surface area contributed by atoms with Crippen LogP contribution in [0.1, 0.15) is 70.9 Å². The third-order valence-electron chi connectivity index (χ3n) is 4.50. The first-order chi connectivity index (χ1) is 15.3. The number of hydrogen-bond donors (Lipinski definition) is 4. The Kier molecular flexibility index (Phi) is 11.1. The molecule has 0 aliphatic heterocycles. The number of oxazole rings is 1. The summed E-state index contributed by atoms with van der Waals surface area (Å²) in [4.78, 5) is 31.6. The van der Waals surface area contributed by atoms with E-state index in [-0.39, 0.29) is 17.2 Å². The molecule has 0 aliphatic carbocycles. The number of thiazole rings is 1. The number of hydroxylamine groups is 1. The van der Waals surface area contributed by atoms with Crippen LogP contribution in [0.5, 0.6) is 0 Å². The highest BCUT2D eigenvalue weighted by Gasteiger charge is 2.19. The fraction of sp³-hybridized carbons (Fsp3) is 0.619. The molecule has 0 aliphatic rings. The minimum Gasteiger partial charge on any atom is -0.444 e. The summed E-state index contributed by atoms with van der Waals surface area (Å²) in [5, 5.41) is 15.1. The monoisotopic (exact) mass is 483 g/mol. The topological polar surface area (TPSA) is 129 Å². The Bertz CT molecular complexity index is 847. The van der Waals surface area contributed by atoms with E-state index in [1.54, 1.807) is 29.6 Å². The molecule has 2 rings (SSSR count). The Hall–Kier alpha value is -1.95. The maximum Gasteiger partial charge on any atom is 0.243 e. The van der Waals surface area contributed by atoms with Crippen LogP contribution in [-0.2, 0) is 20.8 Å². The first-order valence-corrected chi connectivity index (χ1v) is 12.6. The number of hydrogen-bond acceptors (Lipinski definition) is 9. The first kappa shape index (κ1) is 26.3. The summed E-state index contributed by atoms with van der Waals surface area (Å²) >= 11 is 3.03. The van der Waals surface area contributed by atoms with Gasteiger partial charge in [-0.05, 0) is 32.4 Å². The van der Waals surface area contributed by atoms with Crippen molar-refractivity contribution in [1.82, 2.24) is 20.8 Å². The lowest BCUT2D eigenvalue weighted by Gasteiger charge is -2.12. The number of nitrogens with one attached hydrogen (secondary N) is 3. The van der Waals surface area contributed by atoms with Gasteiger partial charge in [0.1, 0.15) is 5.76 Å². The van der Waals surface area contributed by atoms with E-state index in [9.17, 15) is 9.59 Å². The standard InChI is InChI=1S/C21H33N5O4S2/c1-21(2,3)15-12-23-18(30-15)14-31-19-13-24-20(32-19)25-16(27)9-7-11-22-10-6-4-5-8-17(28)26-29/h12-13,22,29H,4-11,14H2,1-3H3,(H,26,28)(H,24,25,27). The number of thioether (sulfide) groups is 1. The van der Waals surface area contributed by atoms with Gasteiger partial charge in [0.2, 0.25) is 17.7 Å². The van der Waals surface area contributed by atoms with Crippen LogP contribution in [0.25, 0.3) is 0 Å². The molecule has 0 spiro atoms. The molecule has 2 aromatic heterocycles. The summed E-state index contributed by atoms with van der Waals surface area (Å²) in [7, 11) is 0. The number of anilines is 1. The average molecular weight is 484 g/mol. The molecule has 2 amide bonds. The quantitative estimate of drug-likeness (QED) is 0.137. The van der Waals surface area contributed by atoms with Crippen molar-refractivity contribution in [1.29, 1.82) is 0 Å². The van der Waals surface area contributed by atoms with Gasteiger partial charge in [0.15, 0.2) is 5.13 Å². The Morgan fingerprint density at radius 1 is 1.06 bits per heavy atom. The van der Waals surface area contributed by atoms with E-state index in [0.717, 1.165) is 48.7 Å². The van der Waals surface area contributed by atoms with Crippen LogP contribution < -0.4 is 16.1 Å². The molecule has 0 unspecified atom stereocenters. The Balaban J connectivity index is 1.56. The SMILES string of the molecule is CC(C)(C)c1cnc(CSc2cnc(NC(=O)CCCNCCCCCC(=O)NO)s2)o1. The average Bonchev–Trinajstić information content (AvgIpc) is 3.40. The first-order valence-electron chi connectivity index (χ1n) is 10.7. The lowest BCUT2D eigenvalue weighted by atomic mass is 9.94. The molecule has 0 fully saturated rings. The summed E-state index contributed by atoms with van der Waals surface area (Å²) < 4.78 is 6.79. The molecule has 0 saturated heterocycles. The molecule has 11 heteroatoms. The minimum absolute atomic E-state index is 0.0461. The van der Waals surface area contributed by atoms with E-state index in [4.69, 9.17) is 9.62 Å². The molecule has 2 heterocycles. The van der Waals surface area contributed by atoms with Gasteiger partial charge in [0, 0.05) is 18.3 Å². The number of aromatic nitrogens is 2. The Labute approximate surface area is 197 Å². The van der Waals surface area contributed by atoms with Crippen molar-refractivity contribution in [3.05, 3.63) is 24.0 Å². The normalized spacial score (nSPS) is 11.5. The van der Waals surface area contributed by atoms with Crippen LogP contribution in [0.4, 0.5) is 5.13 Å². The Morgan fingerprint density at radius 3 is 2.53 bits per heavy atom. The molecule has 0 radical (unpaired) electrons. The number of carbonyl (C=O) groups is 2. The van der Waals surface area contributed by atoms with Crippen LogP contribution in [0, 0.1) is 0 Å². The van der Waals surface area contributed by atoms with Crippen molar-refractivity contribution in [3.8, 4) is 0 Å². The zero-order valence-corrected chi connectivity index (χ0v) is 20.5. The molecule has 178 valence electrons. The summed E-state index contributed by atoms with van der Waals surface area (Å²) in [6.45, 7) is 7.86. The molecule has 4 N–H and O–H groups in total. The van der Waals surface area contributed by atoms with E-state index in [2.05, 4.69) is 41.4 Å². The van der Waals surface area contributed by atoms with E-state index in [1.807, 2.05) is 0 Å². The summed E-state index contributed by atoms with van der Waals surface area (Å²) in [6, 6.07) is 0. The maximum absolute atomic E-state index is 12.1. The molecule has 9 nitrogen and oxygen atoms in total. The van der Waals surface area contributed by atoms with Crippen molar-refractivity contribution >= 4 is 40.0 Å². The van der Waals surface area contributed by atoms with E-state index in [1.165, 1.54) is 11.3 Å². The van der Waals surface area contributed by atoms with Crippen molar-refractivity contribution in [2.24, 2.45) is 0 Å². The lowest BCUT2D eigenvalue weighted by Crippen LogP contribution is -2.20. The zero-order chi connectivity index (χ0) is 23.4. The van der Waals surface area contributed by atoms with Crippen molar-refractivity contribution < 1.29 is 19.2 Å². The fourth-order valence-electron chi connectivity index (χ4n) is 2.69. The van der Waals surface area contributed by atoms with E-state index >= 15 is 0 Å². The third kappa shape index (κ3) is 10.1. The van der Waals surface area contributed by atoms with Crippen LogP contribution in [0.15, 0.2) is 21.0 Å². The van der Waals surface area contributed by atoms with Gasteiger partial charge in [0.25, 0.3) is 0 Å². The highest BCUT2D eigenvalue weighted by Crippen LogP contribution is 2.31. The summed E-state index contributed by atoms with van der Waals surface area (Å²) in [5.74, 6) is 1.77. The molecular formula is C21H33N5O4S2. The third-order valence-corrected chi connectivity index (χ3v) is 6.59. The van der Waals surface area contributed by atoms with Gasteiger partial charge in [-0.3, -0.25) is 14.8 Å². The smallest absolute Gasteiger partial charge is 0.243 e. The predicted molar refractivity (Wildman–Crippen MR) is 126 cm³/mol. The fourth-order valence-corrected chi connectivity index (χ4v) is 4.43. The van der Waals surface area contributed by atoms with Crippen molar-refractivity contribution in [3.63, 3.8) is 0 Å². The van der Waals surface area contributed by atoms with Crippen LogP contribution in [0.3, 0.4) is 0 Å². The molecule has 0 saturated carbocycles. The van der Waals surface area contributed by atoms with Crippen molar-refractivity contribution in [2.45, 2.75) is 74.7 Å². The second kappa shape index (κ2) is 13.6. The number of unbranched alkanes of at least 4 members (excludes halogenated alkanes) is 2. The second-order valence-electron chi connectivity index (χ2n) is 8.39. The summed E-state index contributed by atoms with van der Waals surface area (Å²) in [6.07, 6.45) is 7.66. The van der Waals surface area contributed by atoms with Crippen LogP contribution in [0.2, 0.25) is 0 Å². The Morgan fingerprint density at radius 2 is 1.81 bits per heavy atom. The summed E-state index contributed by atoms with van der Waals surface area (Å²) in [5.41, 5.74) is 1.57. The molecule has 0 bridgehead atoms. The van der Waals surface area contributed by atoms with Gasteiger partial charge in [-0.15, -0.1) is 11.8 Å². The molecule has 0 atom stereocenters. The van der Waals surface area contributed by atoms with E-state index < -0.39 is 0 Å². The minimum atomic E-state index is -0.348. The highest BCUT2D eigenvalue weighted by molar-refractivity contribution is 8.00. The number of carbonyl (C=O) groups excluding carboxylic acids is 2. The molecule has 32 heavy (non-hydrogen) atoms. The zero-order valence-electron chi connectivity index (χ0n) is 18.9. The number of nitrogens with zero attached hydrogens (tertiary/aromatic N) is 2. The van der Waals surface area contributed by atoms with E-state index in [0.29, 0.717) is 29.6 Å². The van der Waals surface area contributed by atoms with Crippen LogP contribution >= 0.6 is 23.1 Å². The van der Waals surface area contributed by atoms with Gasteiger partial charge in [0.05, 0.1) is 22.4 Å². The maximum atomic E-state index is 12.1. The lowest BCUT2D eigenvalue weighted by molar-refractivity contribution is -0.129. The van der Waals surface area contributed by atoms with Gasteiger partial charge in [-0.2, -0.15) is 0 Å².